The van der Waals surface area contributed by atoms with Gasteiger partial charge in [0.2, 0.25) is 0 Å². The van der Waals surface area contributed by atoms with Gasteiger partial charge >= 0.3 is 23.1 Å². The summed E-state index contributed by atoms with van der Waals surface area (Å²) >= 11 is 0. The van der Waals surface area contributed by atoms with Crippen LogP contribution < -0.4 is 0 Å². The van der Waals surface area contributed by atoms with Crippen molar-refractivity contribution in [2.75, 3.05) is 0 Å². The van der Waals surface area contributed by atoms with E-state index in [4.69, 9.17) is 5.11 Å². The Labute approximate surface area is 103 Å². The second-order valence-corrected chi connectivity index (χ2v) is 3.48. The number of hydrogen-bond donors (Lipinski definition) is 1. The minimum absolute atomic E-state index is 0. The van der Waals surface area contributed by atoms with Crippen LogP contribution >= 0.6 is 0 Å². The van der Waals surface area contributed by atoms with Crippen molar-refractivity contribution in [2.45, 2.75) is 39.0 Å². The number of benzene rings is 1. The quantitative estimate of drug-likeness (QED) is 0.578. The highest BCUT2D eigenvalue weighted by molar-refractivity contribution is 5.75. The number of aryl methyl sites for hydroxylation is 1. The summed E-state index contributed by atoms with van der Waals surface area (Å²) in [5.74, 6) is 0.359. The lowest BCUT2D eigenvalue weighted by Crippen LogP contribution is -1.84. The molecule has 0 heterocycles. The highest BCUT2D eigenvalue weighted by Gasteiger charge is 1.93. The smallest absolute Gasteiger partial charge is 0.316 e. The predicted octanol–water partition coefficient (Wildman–Crippen LogP) is 2.60. The Morgan fingerprint density at radius 1 is 1.00 bits per heavy atom. The fourth-order valence-electron chi connectivity index (χ4n) is 1.42. The van der Waals surface area contributed by atoms with Gasteiger partial charge in [0.1, 0.15) is 5.75 Å². The molecule has 0 aliphatic heterocycles. The molecule has 1 N–H and O–H groups in total. The fourth-order valence-corrected chi connectivity index (χ4v) is 1.42. The Balaban J connectivity index is 0.00000169. The lowest BCUT2D eigenvalue weighted by molar-refractivity contribution is 0.475. The van der Waals surface area contributed by atoms with Crippen molar-refractivity contribution < 1.29 is 5.11 Å². The standard InChI is InChI=1S/C12H18O.Mg.2H/c1-2-3-4-5-6-11-7-9-12(13)10-8-11;;;/h7-10,13H,2-6H2,1H3;;;. The molecule has 0 spiro atoms. The zero-order valence-corrected chi connectivity index (χ0v) is 8.29. The molecule has 0 amide bonds. The molecule has 1 rings (SSSR count). The van der Waals surface area contributed by atoms with Gasteiger partial charge in [0.05, 0.1) is 0 Å². The fraction of sp³-hybridized carbons (Fsp3) is 0.500. The second-order valence-electron chi connectivity index (χ2n) is 3.48. The van der Waals surface area contributed by atoms with Crippen LogP contribution in [0.3, 0.4) is 0 Å². The van der Waals surface area contributed by atoms with Crippen LogP contribution in [0.15, 0.2) is 24.3 Å². The van der Waals surface area contributed by atoms with Crippen LogP contribution in [0.5, 0.6) is 5.75 Å². The summed E-state index contributed by atoms with van der Waals surface area (Å²) in [7, 11) is 0. The Bertz CT molecular complexity index is 231. The van der Waals surface area contributed by atoms with Crippen LogP contribution in [0.1, 0.15) is 38.2 Å². The topological polar surface area (TPSA) is 20.2 Å². The molecule has 0 saturated heterocycles. The highest BCUT2D eigenvalue weighted by Crippen LogP contribution is 2.12. The van der Waals surface area contributed by atoms with Gasteiger partial charge in [-0.15, -0.1) is 0 Å². The van der Waals surface area contributed by atoms with Crippen LogP contribution in [-0.4, -0.2) is 28.2 Å². The monoisotopic (exact) mass is 204 g/mol. The van der Waals surface area contributed by atoms with E-state index < -0.39 is 0 Å². The van der Waals surface area contributed by atoms with Gasteiger partial charge < -0.3 is 5.11 Å². The number of hydrogen-bond acceptors (Lipinski definition) is 1. The first-order chi connectivity index (χ1) is 6.33. The lowest BCUT2D eigenvalue weighted by Gasteiger charge is -2.00. The summed E-state index contributed by atoms with van der Waals surface area (Å²) in [6, 6.07) is 7.52. The molecule has 0 aromatic heterocycles. The Morgan fingerprint density at radius 3 is 2.21 bits per heavy atom. The minimum Gasteiger partial charge on any atom is -0.508 e. The third kappa shape index (κ3) is 5.50. The molecule has 0 radical (unpaired) electrons. The summed E-state index contributed by atoms with van der Waals surface area (Å²) in [6.07, 6.45) is 6.34. The van der Waals surface area contributed by atoms with Crippen molar-refractivity contribution in [1.29, 1.82) is 0 Å². The predicted molar refractivity (Wildman–Crippen MR) is 64.5 cm³/mol. The third-order valence-corrected chi connectivity index (χ3v) is 2.26. The second kappa shape index (κ2) is 8.12. The third-order valence-electron chi connectivity index (χ3n) is 2.26. The maximum atomic E-state index is 9.07. The molecule has 1 aromatic rings. The molecule has 0 aliphatic rings. The summed E-state index contributed by atoms with van der Waals surface area (Å²) in [6.45, 7) is 2.22. The molecule has 0 fully saturated rings. The molecule has 0 bridgehead atoms. The summed E-state index contributed by atoms with van der Waals surface area (Å²) in [5.41, 5.74) is 1.33. The van der Waals surface area contributed by atoms with Crippen LogP contribution in [0.2, 0.25) is 0 Å². The Kier molecular flexibility index (Phi) is 8.00. The average Bonchev–Trinajstić information content (AvgIpc) is 2.15. The van der Waals surface area contributed by atoms with Gasteiger partial charge in [-0.3, -0.25) is 0 Å². The van der Waals surface area contributed by atoms with Crippen LogP contribution in [0, 0.1) is 0 Å². The summed E-state index contributed by atoms with van der Waals surface area (Å²) < 4.78 is 0. The normalized spacial score (nSPS) is 9.50. The van der Waals surface area contributed by atoms with E-state index in [0.29, 0.717) is 5.75 Å². The van der Waals surface area contributed by atoms with Crippen LogP contribution in [0.4, 0.5) is 0 Å². The van der Waals surface area contributed by atoms with E-state index >= 15 is 0 Å². The molecule has 14 heavy (non-hydrogen) atoms. The maximum Gasteiger partial charge on any atom is 0.316 e. The summed E-state index contributed by atoms with van der Waals surface area (Å²) in [4.78, 5) is 0. The number of phenols is 1. The molecule has 2 heteroatoms. The van der Waals surface area contributed by atoms with Gasteiger partial charge in [0.15, 0.2) is 0 Å². The average molecular weight is 205 g/mol. The summed E-state index contributed by atoms with van der Waals surface area (Å²) in [5, 5.41) is 9.07. The van der Waals surface area contributed by atoms with Gasteiger partial charge in [-0.1, -0.05) is 38.3 Å². The zero-order valence-electron chi connectivity index (χ0n) is 8.29. The van der Waals surface area contributed by atoms with E-state index in [1.807, 2.05) is 12.1 Å². The molecular weight excluding hydrogens is 184 g/mol. The van der Waals surface area contributed by atoms with Crippen molar-refractivity contribution >= 4 is 23.1 Å². The van der Waals surface area contributed by atoms with E-state index in [-0.39, 0.29) is 23.1 Å². The molecule has 1 nitrogen and oxygen atoms in total. The van der Waals surface area contributed by atoms with Crippen LogP contribution in [-0.2, 0) is 6.42 Å². The molecule has 0 saturated carbocycles. The largest absolute Gasteiger partial charge is 0.508 e. The molecule has 0 aliphatic carbocycles. The van der Waals surface area contributed by atoms with Crippen molar-refractivity contribution in [1.82, 2.24) is 0 Å². The van der Waals surface area contributed by atoms with Crippen molar-refractivity contribution in [3.05, 3.63) is 29.8 Å². The van der Waals surface area contributed by atoms with Gasteiger partial charge in [0, 0.05) is 0 Å². The highest BCUT2D eigenvalue weighted by atomic mass is 24.3. The van der Waals surface area contributed by atoms with E-state index in [1.165, 1.54) is 31.2 Å². The Morgan fingerprint density at radius 2 is 1.64 bits per heavy atom. The van der Waals surface area contributed by atoms with Crippen molar-refractivity contribution in [3.63, 3.8) is 0 Å². The first-order valence-corrected chi connectivity index (χ1v) is 5.11. The van der Waals surface area contributed by atoms with E-state index in [2.05, 4.69) is 6.92 Å². The minimum atomic E-state index is 0. The molecular formula is C12H20MgO. The van der Waals surface area contributed by atoms with Crippen LogP contribution in [0.25, 0.3) is 0 Å². The lowest BCUT2D eigenvalue weighted by atomic mass is 10.1. The molecule has 0 unspecified atom stereocenters. The SMILES string of the molecule is CCCCCCc1ccc(O)cc1.[MgH2]. The van der Waals surface area contributed by atoms with Gasteiger partial charge in [-0.05, 0) is 30.5 Å². The number of phenolic OH excluding ortho intramolecular Hbond substituents is 1. The van der Waals surface area contributed by atoms with Gasteiger partial charge in [-0.25, -0.2) is 0 Å². The van der Waals surface area contributed by atoms with E-state index in [0.717, 1.165) is 6.42 Å². The number of rotatable bonds is 5. The maximum absolute atomic E-state index is 9.07. The molecule has 0 atom stereocenters. The zero-order chi connectivity index (χ0) is 9.52. The number of unbranched alkanes of at least 4 members (excludes halogenated alkanes) is 3. The molecule has 1 aromatic carbocycles. The van der Waals surface area contributed by atoms with E-state index in [9.17, 15) is 0 Å². The first kappa shape index (κ1) is 13.8. The van der Waals surface area contributed by atoms with Crippen molar-refractivity contribution in [3.8, 4) is 5.75 Å². The first-order valence-electron chi connectivity index (χ1n) is 5.11. The van der Waals surface area contributed by atoms with Crippen molar-refractivity contribution in [2.24, 2.45) is 0 Å². The van der Waals surface area contributed by atoms with Gasteiger partial charge in [0.25, 0.3) is 0 Å². The van der Waals surface area contributed by atoms with E-state index in [1.54, 1.807) is 12.1 Å². The number of aromatic hydroxyl groups is 1. The molecule has 76 valence electrons. The van der Waals surface area contributed by atoms with Gasteiger partial charge in [-0.2, -0.15) is 0 Å². The Hall–Kier alpha value is -0.214.